The van der Waals surface area contributed by atoms with E-state index < -0.39 is 0 Å². The monoisotopic (exact) mass is 378 g/mol. The second kappa shape index (κ2) is 6.91. The van der Waals surface area contributed by atoms with Crippen LogP contribution in [0.1, 0.15) is 10.4 Å². The lowest BCUT2D eigenvalue weighted by Gasteiger charge is -2.17. The number of rotatable bonds is 4. The van der Waals surface area contributed by atoms with Gasteiger partial charge in [-0.15, -0.1) is 0 Å². The molecule has 1 N–H and O–H groups in total. The molecule has 0 saturated carbocycles. The van der Waals surface area contributed by atoms with E-state index in [0.29, 0.717) is 11.3 Å². The molecule has 1 heterocycles. The summed E-state index contributed by atoms with van der Waals surface area (Å²) < 4.78 is 0. The van der Waals surface area contributed by atoms with Crippen molar-refractivity contribution in [1.29, 1.82) is 0 Å². The molecule has 0 spiro atoms. The lowest BCUT2D eigenvalue weighted by molar-refractivity contribution is -0.114. The fraction of sp³-hybridized carbons (Fsp3) is 0.0400. The number of carbonyl (C=O) groups is 2. The summed E-state index contributed by atoms with van der Waals surface area (Å²) in [5.41, 5.74) is 4.35. The van der Waals surface area contributed by atoms with Crippen LogP contribution in [-0.4, -0.2) is 18.4 Å². The van der Waals surface area contributed by atoms with Gasteiger partial charge in [-0.25, -0.2) is 0 Å². The van der Waals surface area contributed by atoms with E-state index in [1.165, 1.54) is 0 Å². The third-order valence-electron chi connectivity index (χ3n) is 5.23. The number of anilines is 2. The lowest BCUT2D eigenvalue weighted by Crippen LogP contribution is -2.35. The average Bonchev–Trinajstić information content (AvgIpc) is 3.03. The van der Waals surface area contributed by atoms with Gasteiger partial charge in [-0.2, -0.15) is 0 Å². The van der Waals surface area contributed by atoms with Gasteiger partial charge in [-0.1, -0.05) is 66.7 Å². The largest absolute Gasteiger partial charge is 0.325 e. The van der Waals surface area contributed by atoms with Crippen LogP contribution in [0.5, 0.6) is 0 Å². The molecule has 1 aliphatic rings. The minimum Gasteiger partial charge on any atom is -0.325 e. The zero-order chi connectivity index (χ0) is 19.8. The molecule has 4 heteroatoms. The van der Waals surface area contributed by atoms with Crippen molar-refractivity contribution >= 4 is 34.0 Å². The molecule has 29 heavy (non-hydrogen) atoms. The molecule has 0 radical (unpaired) electrons. The van der Waals surface area contributed by atoms with Gasteiger partial charge < -0.3 is 5.32 Å². The van der Waals surface area contributed by atoms with E-state index >= 15 is 0 Å². The number of nitrogens with one attached hydrogen (secondary N) is 1. The predicted octanol–water partition coefficient (Wildman–Crippen LogP) is 5.11. The SMILES string of the molecule is O=C(CN1C(=O)c2cccc3cccc1c23)Nc1ccc(-c2ccccc2)cc1. The van der Waals surface area contributed by atoms with Crippen molar-refractivity contribution in [2.45, 2.75) is 0 Å². The number of hydrogen-bond acceptors (Lipinski definition) is 2. The zero-order valence-corrected chi connectivity index (χ0v) is 15.6. The Morgan fingerprint density at radius 1 is 0.759 bits per heavy atom. The third kappa shape index (κ3) is 3.05. The summed E-state index contributed by atoms with van der Waals surface area (Å²) in [5.74, 6) is -0.359. The highest BCUT2D eigenvalue weighted by Crippen LogP contribution is 2.37. The van der Waals surface area contributed by atoms with Gasteiger partial charge in [0.15, 0.2) is 0 Å². The van der Waals surface area contributed by atoms with Gasteiger partial charge in [-0.05, 0) is 40.8 Å². The lowest BCUT2D eigenvalue weighted by atomic mass is 10.1. The van der Waals surface area contributed by atoms with Crippen LogP contribution in [-0.2, 0) is 4.79 Å². The smallest absolute Gasteiger partial charge is 0.259 e. The molecular formula is C25H18N2O2. The topological polar surface area (TPSA) is 49.4 Å². The molecular weight excluding hydrogens is 360 g/mol. The molecule has 1 aliphatic heterocycles. The van der Waals surface area contributed by atoms with Crippen LogP contribution in [0, 0.1) is 0 Å². The molecule has 0 fully saturated rings. The van der Waals surface area contributed by atoms with Gasteiger partial charge in [0.25, 0.3) is 5.91 Å². The Bertz CT molecular complexity index is 1230. The summed E-state index contributed by atoms with van der Waals surface area (Å²) in [7, 11) is 0. The molecule has 0 atom stereocenters. The molecule has 140 valence electrons. The maximum Gasteiger partial charge on any atom is 0.259 e. The number of hydrogen-bond donors (Lipinski definition) is 1. The highest BCUT2D eigenvalue weighted by atomic mass is 16.2. The zero-order valence-electron chi connectivity index (χ0n) is 15.6. The highest BCUT2D eigenvalue weighted by molar-refractivity contribution is 6.26. The Balaban J connectivity index is 1.33. The van der Waals surface area contributed by atoms with Gasteiger partial charge in [0.05, 0.1) is 5.69 Å². The number of nitrogens with zero attached hydrogens (tertiary/aromatic N) is 1. The van der Waals surface area contributed by atoms with Crippen molar-refractivity contribution in [3.63, 3.8) is 0 Å². The van der Waals surface area contributed by atoms with Crippen molar-refractivity contribution in [3.05, 3.63) is 96.6 Å². The maximum atomic E-state index is 12.8. The molecule has 0 aliphatic carbocycles. The molecule has 5 rings (SSSR count). The van der Waals surface area contributed by atoms with Gasteiger partial charge in [0.2, 0.25) is 5.91 Å². The van der Waals surface area contributed by atoms with E-state index in [1.807, 2.05) is 91.0 Å². The Labute approximate surface area is 168 Å². The Morgan fingerprint density at radius 2 is 1.45 bits per heavy atom. The Kier molecular flexibility index (Phi) is 4.10. The van der Waals surface area contributed by atoms with E-state index in [9.17, 15) is 9.59 Å². The van der Waals surface area contributed by atoms with Crippen molar-refractivity contribution in [2.75, 3.05) is 16.8 Å². The van der Waals surface area contributed by atoms with Gasteiger partial charge in [0.1, 0.15) is 6.54 Å². The minimum absolute atomic E-state index is 0.0208. The van der Waals surface area contributed by atoms with E-state index in [1.54, 1.807) is 4.90 Å². The standard InChI is InChI=1S/C25H18N2O2/c28-23(26-20-14-12-18(13-15-20)17-6-2-1-3-7-17)16-27-22-11-5-9-19-8-4-10-21(24(19)22)25(27)29/h1-15H,16H2,(H,26,28). The van der Waals surface area contributed by atoms with E-state index in [2.05, 4.69) is 5.32 Å². The van der Waals surface area contributed by atoms with E-state index in [0.717, 1.165) is 27.6 Å². The van der Waals surface area contributed by atoms with Crippen molar-refractivity contribution in [2.24, 2.45) is 0 Å². The number of amides is 2. The van der Waals surface area contributed by atoms with Gasteiger partial charge >= 0.3 is 0 Å². The summed E-state index contributed by atoms with van der Waals surface area (Å²) in [6.07, 6.45) is 0. The van der Waals surface area contributed by atoms with Crippen molar-refractivity contribution < 1.29 is 9.59 Å². The van der Waals surface area contributed by atoms with Crippen LogP contribution in [0.3, 0.4) is 0 Å². The summed E-state index contributed by atoms with van der Waals surface area (Å²) in [4.78, 5) is 27.0. The molecule has 4 aromatic rings. The third-order valence-corrected chi connectivity index (χ3v) is 5.23. The van der Waals surface area contributed by atoms with Crippen LogP contribution in [0.25, 0.3) is 21.9 Å². The Morgan fingerprint density at radius 3 is 2.21 bits per heavy atom. The average molecular weight is 378 g/mol. The first-order valence-electron chi connectivity index (χ1n) is 9.50. The Hall–Kier alpha value is -3.92. The van der Waals surface area contributed by atoms with Crippen LogP contribution >= 0.6 is 0 Å². The minimum atomic E-state index is -0.226. The molecule has 2 amide bonds. The predicted molar refractivity (Wildman–Crippen MR) is 116 cm³/mol. The fourth-order valence-corrected chi connectivity index (χ4v) is 3.86. The van der Waals surface area contributed by atoms with Crippen LogP contribution in [0.4, 0.5) is 11.4 Å². The van der Waals surface area contributed by atoms with Crippen molar-refractivity contribution in [3.8, 4) is 11.1 Å². The molecule has 0 aromatic heterocycles. The molecule has 0 saturated heterocycles. The maximum absolute atomic E-state index is 12.8. The first-order chi connectivity index (χ1) is 14.2. The van der Waals surface area contributed by atoms with E-state index in [4.69, 9.17) is 0 Å². The van der Waals surface area contributed by atoms with Crippen LogP contribution < -0.4 is 10.2 Å². The number of carbonyl (C=O) groups excluding carboxylic acids is 2. The molecule has 0 unspecified atom stereocenters. The normalized spacial score (nSPS) is 12.4. The molecule has 4 nitrogen and oxygen atoms in total. The molecule has 0 bridgehead atoms. The van der Waals surface area contributed by atoms with Crippen LogP contribution in [0.2, 0.25) is 0 Å². The highest BCUT2D eigenvalue weighted by Gasteiger charge is 2.30. The summed E-state index contributed by atoms with van der Waals surface area (Å²) in [6, 6.07) is 29.2. The van der Waals surface area contributed by atoms with Gasteiger partial charge in [-0.3, -0.25) is 14.5 Å². The van der Waals surface area contributed by atoms with Crippen molar-refractivity contribution in [1.82, 2.24) is 0 Å². The van der Waals surface area contributed by atoms with E-state index in [-0.39, 0.29) is 18.4 Å². The summed E-state index contributed by atoms with van der Waals surface area (Å²) in [5, 5.41) is 4.82. The fourth-order valence-electron chi connectivity index (χ4n) is 3.86. The summed E-state index contributed by atoms with van der Waals surface area (Å²) >= 11 is 0. The quantitative estimate of drug-likeness (QED) is 0.537. The van der Waals surface area contributed by atoms with Gasteiger partial charge in [0, 0.05) is 16.6 Å². The molecule has 4 aromatic carbocycles. The number of benzene rings is 4. The second-order valence-corrected chi connectivity index (χ2v) is 7.06. The summed E-state index contributed by atoms with van der Waals surface area (Å²) in [6.45, 7) is -0.0208. The first-order valence-corrected chi connectivity index (χ1v) is 9.50. The first kappa shape index (κ1) is 17.2. The second-order valence-electron chi connectivity index (χ2n) is 7.06. The van der Waals surface area contributed by atoms with Crippen LogP contribution in [0.15, 0.2) is 91.0 Å².